The average Bonchev–Trinajstić information content (AvgIpc) is 3.61. The summed E-state index contributed by atoms with van der Waals surface area (Å²) < 4.78 is 5.29. The van der Waals surface area contributed by atoms with Crippen LogP contribution in [0, 0.1) is 0 Å². The highest BCUT2D eigenvalue weighted by Gasteiger charge is 2.33. The monoisotopic (exact) mass is 884 g/mol. The highest BCUT2D eigenvalue weighted by atomic mass is 32.2. The molecular formula is C41H56N8O10S2. The van der Waals surface area contributed by atoms with Gasteiger partial charge in [-0.1, -0.05) is 48.5 Å². The van der Waals surface area contributed by atoms with Crippen molar-refractivity contribution in [2.24, 2.45) is 5.73 Å². The molecule has 332 valence electrons. The molecule has 20 heteroatoms. The normalized spacial score (nSPS) is 13.7. The number of thioether (sulfide) groups is 2. The van der Waals surface area contributed by atoms with Crippen molar-refractivity contribution in [2.45, 2.75) is 88.7 Å². The molecule has 0 aliphatic rings. The third-order valence-electron chi connectivity index (χ3n) is 8.99. The Morgan fingerprint density at radius 3 is 1.87 bits per heavy atom. The first-order valence-corrected chi connectivity index (χ1v) is 22.2. The third-order valence-corrected chi connectivity index (χ3v) is 10.3. The number of nitrogens with two attached hydrogens (primary N) is 1. The van der Waals surface area contributed by atoms with E-state index in [1.54, 1.807) is 69.6 Å². The third kappa shape index (κ3) is 17.4. The van der Waals surface area contributed by atoms with Gasteiger partial charge in [0.2, 0.25) is 35.4 Å². The predicted molar refractivity (Wildman–Crippen MR) is 233 cm³/mol. The van der Waals surface area contributed by atoms with Crippen molar-refractivity contribution in [2.75, 3.05) is 30.6 Å². The topological polar surface area (TPSA) is 280 Å². The number of primary amides is 1. The minimum atomic E-state index is -1.66. The Morgan fingerprint density at radius 1 is 0.705 bits per heavy atom. The number of fused-ring (bicyclic) bond motifs is 1. The lowest BCUT2D eigenvalue weighted by molar-refractivity contribution is -0.141. The van der Waals surface area contributed by atoms with Crippen LogP contribution >= 0.6 is 23.5 Å². The molecule has 5 atom stereocenters. The molecule has 7 amide bonds. The predicted octanol–water partition coefficient (Wildman–Crippen LogP) is 1.37. The number of rotatable bonds is 24. The number of aliphatic carboxylic acids is 1. The molecule has 0 fully saturated rings. The number of aromatic amines is 1. The van der Waals surface area contributed by atoms with Crippen LogP contribution in [0.4, 0.5) is 4.79 Å². The molecule has 3 aromatic rings. The molecule has 0 saturated carbocycles. The van der Waals surface area contributed by atoms with Crippen LogP contribution in [0.1, 0.15) is 51.2 Å². The van der Waals surface area contributed by atoms with E-state index in [0.717, 1.165) is 10.9 Å². The lowest BCUT2D eigenvalue weighted by atomic mass is 10.0. The molecule has 1 heterocycles. The number of aromatic nitrogens is 1. The van der Waals surface area contributed by atoms with E-state index in [0.29, 0.717) is 22.6 Å². The van der Waals surface area contributed by atoms with Gasteiger partial charge in [0.15, 0.2) is 0 Å². The summed E-state index contributed by atoms with van der Waals surface area (Å²) in [6, 6.07) is 9.46. The fraction of sp³-hybridized carbons (Fsp3) is 0.463. The second-order valence-corrected chi connectivity index (χ2v) is 17.0. The Hall–Kier alpha value is -5.76. The molecule has 61 heavy (non-hydrogen) atoms. The van der Waals surface area contributed by atoms with Crippen molar-refractivity contribution in [3.05, 3.63) is 71.9 Å². The molecule has 0 radical (unpaired) electrons. The van der Waals surface area contributed by atoms with Crippen molar-refractivity contribution in [1.29, 1.82) is 0 Å². The molecule has 5 unspecified atom stereocenters. The van der Waals surface area contributed by atoms with Crippen molar-refractivity contribution in [1.82, 2.24) is 36.9 Å². The van der Waals surface area contributed by atoms with Gasteiger partial charge in [-0.05, 0) is 74.8 Å². The van der Waals surface area contributed by atoms with Gasteiger partial charge in [0, 0.05) is 29.9 Å². The van der Waals surface area contributed by atoms with E-state index in [1.807, 2.05) is 24.5 Å². The number of benzene rings is 2. The number of H-pyrrole nitrogens is 1. The van der Waals surface area contributed by atoms with Gasteiger partial charge in [0.05, 0.1) is 13.0 Å². The Balaban J connectivity index is 1.82. The SMILES string of the molecule is CSCCC(NC(=O)OC(C)(C)C)C(=O)NCC(=O)NC(Cc1c[nH]c2ccccc12)C(=O)NC(CCSC)C(=O)NC(CC(=O)O)C(=O)NC(Cc1ccccc1)C(N)=O. The summed E-state index contributed by atoms with van der Waals surface area (Å²) in [5.41, 5.74) is 6.84. The molecule has 3 rings (SSSR count). The molecule has 1 aromatic heterocycles. The Bertz CT molecular complexity index is 1990. The Kier molecular flexibility index (Phi) is 19.9. The number of hydrogen-bond donors (Lipinski definition) is 9. The highest BCUT2D eigenvalue weighted by molar-refractivity contribution is 7.98. The van der Waals surface area contributed by atoms with E-state index < -0.39 is 96.3 Å². The Morgan fingerprint density at radius 2 is 1.26 bits per heavy atom. The van der Waals surface area contributed by atoms with E-state index in [1.165, 1.54) is 23.5 Å². The number of carbonyl (C=O) groups is 8. The number of ether oxygens (including phenoxy) is 1. The van der Waals surface area contributed by atoms with Crippen LogP contribution in [0.2, 0.25) is 0 Å². The first kappa shape index (κ1) is 49.6. The number of carboxylic acid groups (broad SMARTS) is 1. The van der Waals surface area contributed by atoms with Crippen molar-refractivity contribution >= 4 is 81.9 Å². The Labute approximate surface area is 362 Å². The van der Waals surface area contributed by atoms with E-state index in [4.69, 9.17) is 10.5 Å². The first-order chi connectivity index (χ1) is 28.9. The lowest BCUT2D eigenvalue weighted by Crippen LogP contribution is -2.59. The maximum Gasteiger partial charge on any atom is 0.408 e. The summed E-state index contributed by atoms with van der Waals surface area (Å²) in [6.45, 7) is 4.47. The molecule has 0 saturated heterocycles. The molecule has 2 aromatic carbocycles. The van der Waals surface area contributed by atoms with Gasteiger partial charge in [-0.2, -0.15) is 23.5 Å². The maximum absolute atomic E-state index is 14.1. The second-order valence-electron chi connectivity index (χ2n) is 15.0. The van der Waals surface area contributed by atoms with Crippen LogP contribution in [-0.4, -0.2) is 124 Å². The van der Waals surface area contributed by atoms with Gasteiger partial charge in [0.1, 0.15) is 35.8 Å². The van der Waals surface area contributed by atoms with Crippen LogP contribution in [0.5, 0.6) is 0 Å². The molecule has 10 N–H and O–H groups in total. The largest absolute Gasteiger partial charge is 0.481 e. The standard InChI is InChI=1S/C41H56N8O10S2/c1-41(2,3)59-40(58)49-28(15-17-60-4)36(54)44-23-33(50)45-31(20-25-22-43-27-14-10-9-13-26(25)27)38(56)46-29(16-18-61-5)37(55)48-32(21-34(51)52)39(57)47-30(35(42)53)19-24-11-7-6-8-12-24/h6-14,22,28-32,43H,15-21,23H2,1-5H3,(H2,42,53)(H,44,54)(H,45,50)(H,46,56)(H,47,57)(H,48,55)(H,49,58)(H,51,52). The summed E-state index contributed by atoms with van der Waals surface area (Å²) in [7, 11) is 0. The van der Waals surface area contributed by atoms with Crippen molar-refractivity contribution in [3.8, 4) is 0 Å². The summed E-state index contributed by atoms with van der Waals surface area (Å²) in [4.78, 5) is 108. The van der Waals surface area contributed by atoms with E-state index in [-0.39, 0.29) is 25.7 Å². The number of amides is 7. The van der Waals surface area contributed by atoms with Gasteiger partial charge in [-0.25, -0.2) is 4.79 Å². The molecule has 0 spiro atoms. The summed E-state index contributed by atoms with van der Waals surface area (Å²) in [6.07, 6.45) is 3.88. The van der Waals surface area contributed by atoms with E-state index in [2.05, 4.69) is 36.9 Å². The van der Waals surface area contributed by atoms with Gasteiger partial charge < -0.3 is 52.5 Å². The zero-order chi connectivity index (χ0) is 45.1. The minimum absolute atomic E-state index is 0.0108. The lowest BCUT2D eigenvalue weighted by Gasteiger charge is -2.26. The van der Waals surface area contributed by atoms with E-state index in [9.17, 15) is 43.5 Å². The van der Waals surface area contributed by atoms with E-state index >= 15 is 0 Å². The molecule has 0 aliphatic heterocycles. The van der Waals surface area contributed by atoms with Crippen molar-refractivity contribution < 1.29 is 48.2 Å². The number of hydrogen-bond acceptors (Lipinski definition) is 11. The van der Waals surface area contributed by atoms with Crippen LogP contribution in [0.15, 0.2) is 60.8 Å². The summed E-state index contributed by atoms with van der Waals surface area (Å²) >= 11 is 2.82. The fourth-order valence-electron chi connectivity index (χ4n) is 6.00. The zero-order valence-electron chi connectivity index (χ0n) is 34.8. The minimum Gasteiger partial charge on any atom is -0.481 e. The quantitative estimate of drug-likeness (QED) is 0.0617. The highest BCUT2D eigenvalue weighted by Crippen LogP contribution is 2.19. The van der Waals surface area contributed by atoms with Crippen LogP contribution < -0.4 is 37.6 Å². The fourth-order valence-corrected chi connectivity index (χ4v) is 6.94. The maximum atomic E-state index is 14.1. The van der Waals surface area contributed by atoms with Crippen LogP contribution in [0.3, 0.4) is 0 Å². The molecule has 18 nitrogen and oxygen atoms in total. The number of carboxylic acids is 1. The smallest absolute Gasteiger partial charge is 0.408 e. The second kappa shape index (κ2) is 24.5. The summed E-state index contributed by atoms with van der Waals surface area (Å²) in [5, 5.41) is 25.6. The van der Waals surface area contributed by atoms with Crippen LogP contribution in [-0.2, 0) is 51.1 Å². The number of alkyl carbamates (subject to hydrolysis) is 1. The number of nitrogens with one attached hydrogen (secondary N) is 7. The van der Waals surface area contributed by atoms with Crippen molar-refractivity contribution in [3.63, 3.8) is 0 Å². The first-order valence-electron chi connectivity index (χ1n) is 19.5. The number of para-hydroxylation sites is 1. The average molecular weight is 885 g/mol. The molecule has 0 bridgehead atoms. The summed E-state index contributed by atoms with van der Waals surface area (Å²) in [5.74, 6) is -5.48. The molecular weight excluding hydrogens is 829 g/mol. The van der Waals surface area contributed by atoms with Gasteiger partial charge in [-0.3, -0.25) is 33.6 Å². The molecule has 0 aliphatic carbocycles. The van der Waals surface area contributed by atoms with Gasteiger partial charge in [0.25, 0.3) is 0 Å². The van der Waals surface area contributed by atoms with Crippen LogP contribution in [0.25, 0.3) is 10.9 Å². The zero-order valence-corrected chi connectivity index (χ0v) is 36.5. The van der Waals surface area contributed by atoms with Gasteiger partial charge >= 0.3 is 12.1 Å². The number of carbonyl (C=O) groups excluding carboxylic acids is 7. The van der Waals surface area contributed by atoms with Gasteiger partial charge in [-0.15, -0.1) is 0 Å².